The summed E-state index contributed by atoms with van der Waals surface area (Å²) in [4.78, 5) is 14.4. The van der Waals surface area contributed by atoms with Crippen LogP contribution >= 0.6 is 0 Å². The second-order valence-corrected chi connectivity index (χ2v) is 7.49. The van der Waals surface area contributed by atoms with E-state index >= 15 is 0 Å². The van der Waals surface area contributed by atoms with Crippen molar-refractivity contribution in [2.75, 3.05) is 11.9 Å². The van der Waals surface area contributed by atoms with Crippen molar-refractivity contribution >= 4 is 11.6 Å². The number of amides is 1. The quantitative estimate of drug-likeness (QED) is 0.418. The van der Waals surface area contributed by atoms with Crippen LogP contribution in [0.15, 0.2) is 78.9 Å². The molecule has 1 N–H and O–H groups in total. The number of aromatic amines is 1. The summed E-state index contributed by atoms with van der Waals surface area (Å²) < 4.78 is 0. The third-order valence-electron chi connectivity index (χ3n) is 5.42. The minimum Gasteiger partial charge on any atom is -0.316 e. The van der Waals surface area contributed by atoms with E-state index in [4.69, 9.17) is 0 Å². The van der Waals surface area contributed by atoms with Crippen LogP contribution in [-0.4, -0.2) is 33.6 Å². The third-order valence-corrected chi connectivity index (χ3v) is 5.42. The SMILES string of the molecule is CN(C(=O)CCCCc1ccccc1)c1ccc(-c2ccccc2-c2nnn[nH]2)cc1. The van der Waals surface area contributed by atoms with Crippen LogP contribution in [0.1, 0.15) is 24.8 Å². The van der Waals surface area contributed by atoms with Crippen LogP contribution in [0, 0.1) is 0 Å². The number of H-pyrrole nitrogens is 1. The first kappa shape index (κ1) is 20.5. The fraction of sp³-hybridized carbons (Fsp3) is 0.200. The van der Waals surface area contributed by atoms with Crippen molar-refractivity contribution < 1.29 is 4.79 Å². The molecule has 0 atom stereocenters. The van der Waals surface area contributed by atoms with E-state index in [9.17, 15) is 4.79 Å². The maximum absolute atomic E-state index is 12.6. The molecule has 0 saturated heterocycles. The first-order chi connectivity index (χ1) is 15.2. The van der Waals surface area contributed by atoms with Gasteiger partial charge in [0.05, 0.1) is 0 Å². The molecule has 6 heteroatoms. The molecule has 4 aromatic rings. The smallest absolute Gasteiger partial charge is 0.226 e. The number of hydrogen-bond acceptors (Lipinski definition) is 4. The van der Waals surface area contributed by atoms with E-state index in [1.54, 1.807) is 4.90 Å². The number of benzene rings is 3. The lowest BCUT2D eigenvalue weighted by atomic mass is 9.99. The summed E-state index contributed by atoms with van der Waals surface area (Å²) in [5, 5.41) is 14.2. The van der Waals surface area contributed by atoms with Gasteiger partial charge in [0.15, 0.2) is 5.82 Å². The van der Waals surface area contributed by atoms with E-state index in [0.717, 1.165) is 41.6 Å². The van der Waals surface area contributed by atoms with Gasteiger partial charge in [0.25, 0.3) is 0 Å². The Balaban J connectivity index is 1.37. The monoisotopic (exact) mass is 411 g/mol. The lowest BCUT2D eigenvalue weighted by molar-refractivity contribution is -0.118. The molecular formula is C25H25N5O. The number of carbonyl (C=O) groups is 1. The van der Waals surface area contributed by atoms with Crippen molar-refractivity contribution in [2.45, 2.75) is 25.7 Å². The zero-order valence-electron chi connectivity index (χ0n) is 17.5. The van der Waals surface area contributed by atoms with Crippen LogP contribution in [0.5, 0.6) is 0 Å². The number of rotatable bonds is 8. The highest BCUT2D eigenvalue weighted by atomic mass is 16.2. The standard InChI is InChI=1S/C25H25N5O/c1-30(24(31)14-8-5-11-19-9-3-2-4-10-19)21-17-15-20(16-18-21)22-12-6-7-13-23(22)25-26-28-29-27-25/h2-4,6-7,9-10,12-13,15-18H,5,8,11,14H2,1H3,(H,26,27,28,29). The Morgan fingerprint density at radius 1 is 0.871 bits per heavy atom. The largest absolute Gasteiger partial charge is 0.316 e. The molecule has 0 fully saturated rings. The van der Waals surface area contributed by atoms with Crippen molar-refractivity contribution in [1.29, 1.82) is 0 Å². The first-order valence-corrected chi connectivity index (χ1v) is 10.5. The van der Waals surface area contributed by atoms with Gasteiger partial charge in [-0.25, -0.2) is 5.10 Å². The summed E-state index contributed by atoms with van der Waals surface area (Å²) in [6.07, 6.45) is 3.45. The Bertz CT molecular complexity index is 1110. The molecule has 3 aromatic carbocycles. The van der Waals surface area contributed by atoms with Crippen LogP contribution in [0.4, 0.5) is 5.69 Å². The zero-order valence-corrected chi connectivity index (χ0v) is 17.5. The molecule has 31 heavy (non-hydrogen) atoms. The summed E-state index contributed by atoms with van der Waals surface area (Å²) in [6, 6.07) is 26.4. The molecule has 0 radical (unpaired) electrons. The van der Waals surface area contributed by atoms with Gasteiger partial charge in [-0.3, -0.25) is 4.79 Å². The van der Waals surface area contributed by atoms with Gasteiger partial charge in [-0.15, -0.1) is 5.10 Å². The van der Waals surface area contributed by atoms with Crippen molar-refractivity contribution in [2.24, 2.45) is 0 Å². The Labute approximate surface area is 181 Å². The van der Waals surface area contributed by atoms with E-state index < -0.39 is 0 Å². The van der Waals surface area contributed by atoms with Gasteiger partial charge >= 0.3 is 0 Å². The van der Waals surface area contributed by atoms with Crippen LogP contribution in [0.25, 0.3) is 22.5 Å². The highest BCUT2D eigenvalue weighted by molar-refractivity contribution is 5.93. The van der Waals surface area contributed by atoms with Gasteiger partial charge in [0.2, 0.25) is 5.91 Å². The molecule has 1 aromatic heterocycles. The average Bonchev–Trinajstić information content (AvgIpc) is 3.37. The molecule has 156 valence electrons. The lowest BCUT2D eigenvalue weighted by Gasteiger charge is -2.18. The van der Waals surface area contributed by atoms with Gasteiger partial charge < -0.3 is 4.90 Å². The van der Waals surface area contributed by atoms with E-state index in [1.807, 2.05) is 61.6 Å². The summed E-state index contributed by atoms with van der Waals surface area (Å²) in [6.45, 7) is 0. The highest BCUT2D eigenvalue weighted by Crippen LogP contribution is 2.30. The molecule has 0 aliphatic carbocycles. The minimum atomic E-state index is 0.133. The van der Waals surface area contributed by atoms with E-state index in [-0.39, 0.29) is 5.91 Å². The van der Waals surface area contributed by atoms with Crippen molar-refractivity contribution in [3.05, 3.63) is 84.4 Å². The molecule has 0 bridgehead atoms. The third kappa shape index (κ3) is 5.04. The number of anilines is 1. The molecule has 1 heterocycles. The molecule has 4 rings (SSSR count). The molecule has 0 saturated carbocycles. The number of nitrogens with one attached hydrogen (secondary N) is 1. The van der Waals surface area contributed by atoms with E-state index in [0.29, 0.717) is 12.2 Å². The van der Waals surface area contributed by atoms with Gasteiger partial charge in [-0.1, -0.05) is 66.7 Å². The molecule has 0 unspecified atom stereocenters. The minimum absolute atomic E-state index is 0.133. The molecular weight excluding hydrogens is 386 g/mol. The Morgan fingerprint density at radius 2 is 1.58 bits per heavy atom. The summed E-state index contributed by atoms with van der Waals surface area (Å²) in [5.74, 6) is 0.761. The number of aryl methyl sites for hydroxylation is 1. The van der Waals surface area contributed by atoms with Gasteiger partial charge in [-0.05, 0) is 58.5 Å². The number of carbonyl (C=O) groups excluding carboxylic acids is 1. The Morgan fingerprint density at radius 3 is 2.29 bits per heavy atom. The fourth-order valence-electron chi connectivity index (χ4n) is 3.64. The first-order valence-electron chi connectivity index (χ1n) is 10.5. The molecule has 0 spiro atoms. The predicted molar refractivity (Wildman–Crippen MR) is 122 cm³/mol. The number of aromatic nitrogens is 4. The van der Waals surface area contributed by atoms with Crippen molar-refractivity contribution in [3.8, 4) is 22.5 Å². The van der Waals surface area contributed by atoms with E-state index in [1.165, 1.54) is 5.56 Å². The van der Waals surface area contributed by atoms with Gasteiger partial charge in [0.1, 0.15) is 0 Å². The predicted octanol–water partition coefficient (Wildman–Crippen LogP) is 4.91. The Kier molecular flexibility index (Phi) is 6.47. The summed E-state index contributed by atoms with van der Waals surface area (Å²) in [5.41, 5.74) is 5.21. The van der Waals surface area contributed by atoms with Crippen LogP contribution in [0.3, 0.4) is 0 Å². The Hall–Kier alpha value is -3.80. The molecule has 0 aliphatic rings. The van der Waals surface area contributed by atoms with Gasteiger partial charge in [-0.2, -0.15) is 0 Å². The van der Waals surface area contributed by atoms with E-state index in [2.05, 4.69) is 44.9 Å². The lowest BCUT2D eigenvalue weighted by Crippen LogP contribution is -2.25. The number of unbranched alkanes of at least 4 members (excludes halogenated alkanes) is 1. The normalized spacial score (nSPS) is 10.7. The molecule has 0 aliphatic heterocycles. The number of hydrogen-bond donors (Lipinski definition) is 1. The van der Waals surface area contributed by atoms with Gasteiger partial charge in [0, 0.05) is 24.7 Å². The van der Waals surface area contributed by atoms with Crippen LogP contribution in [0.2, 0.25) is 0 Å². The van der Waals surface area contributed by atoms with Crippen molar-refractivity contribution in [1.82, 2.24) is 20.6 Å². The summed E-state index contributed by atoms with van der Waals surface area (Å²) in [7, 11) is 1.84. The molecule has 6 nitrogen and oxygen atoms in total. The van der Waals surface area contributed by atoms with Crippen LogP contribution in [-0.2, 0) is 11.2 Å². The highest BCUT2D eigenvalue weighted by Gasteiger charge is 2.13. The second-order valence-electron chi connectivity index (χ2n) is 7.49. The van der Waals surface area contributed by atoms with Crippen LogP contribution < -0.4 is 4.90 Å². The zero-order chi connectivity index (χ0) is 21.5. The molecule has 1 amide bonds. The fourth-order valence-corrected chi connectivity index (χ4v) is 3.64. The topological polar surface area (TPSA) is 74.8 Å². The number of nitrogens with zero attached hydrogens (tertiary/aromatic N) is 4. The second kappa shape index (κ2) is 9.80. The average molecular weight is 412 g/mol. The van der Waals surface area contributed by atoms with Crippen molar-refractivity contribution in [3.63, 3.8) is 0 Å². The maximum Gasteiger partial charge on any atom is 0.226 e. The summed E-state index contributed by atoms with van der Waals surface area (Å²) >= 11 is 0. The number of tetrazole rings is 1. The maximum atomic E-state index is 12.6.